The summed E-state index contributed by atoms with van der Waals surface area (Å²) in [5.41, 5.74) is 5.48. The molecule has 0 unspecified atom stereocenters. The fourth-order valence-corrected chi connectivity index (χ4v) is 2.88. The van der Waals surface area contributed by atoms with E-state index >= 15 is 0 Å². The van der Waals surface area contributed by atoms with E-state index < -0.39 is 0 Å². The van der Waals surface area contributed by atoms with Gasteiger partial charge in [0.05, 0.1) is 11.0 Å². The highest BCUT2D eigenvalue weighted by Gasteiger charge is 2.38. The number of fused-ring (bicyclic) bond motifs is 1. The lowest BCUT2D eigenvalue weighted by Gasteiger charge is -2.10. The minimum Gasteiger partial charge on any atom is -0.357 e. The molecule has 1 fully saturated rings. The van der Waals surface area contributed by atoms with Crippen molar-refractivity contribution in [3.05, 3.63) is 53.5 Å². The van der Waals surface area contributed by atoms with E-state index in [1.807, 2.05) is 25.1 Å². The fourth-order valence-electron chi connectivity index (χ4n) is 2.88. The van der Waals surface area contributed by atoms with Crippen molar-refractivity contribution in [3.8, 4) is 11.3 Å². The minimum absolute atomic E-state index is 0.283. The number of hydrogen-bond donors (Lipinski definition) is 1. The second kappa shape index (κ2) is 4.17. The van der Waals surface area contributed by atoms with Gasteiger partial charge < -0.3 is 4.98 Å². The Bertz CT molecular complexity index is 826. The van der Waals surface area contributed by atoms with E-state index in [2.05, 4.69) is 29.0 Å². The highest BCUT2D eigenvalue weighted by molar-refractivity contribution is 5.80. The molecule has 3 heteroatoms. The molecule has 2 heterocycles. The van der Waals surface area contributed by atoms with Crippen LogP contribution < -0.4 is 0 Å². The summed E-state index contributed by atoms with van der Waals surface area (Å²) >= 11 is 0. The van der Waals surface area contributed by atoms with E-state index in [1.54, 1.807) is 0 Å². The highest BCUT2D eigenvalue weighted by atomic mass is 19.1. The van der Waals surface area contributed by atoms with Gasteiger partial charge in [-0.25, -0.2) is 9.37 Å². The molecule has 0 radical (unpaired) electrons. The van der Waals surface area contributed by atoms with Crippen LogP contribution in [0.1, 0.15) is 31.0 Å². The second-order valence-corrected chi connectivity index (χ2v) is 6.34. The predicted molar refractivity (Wildman–Crippen MR) is 82.8 cm³/mol. The Morgan fingerprint density at radius 1 is 1.14 bits per heavy atom. The molecule has 1 aliphatic rings. The molecule has 21 heavy (non-hydrogen) atoms. The predicted octanol–water partition coefficient (Wildman–Crippen LogP) is 4.73. The zero-order valence-corrected chi connectivity index (χ0v) is 12.2. The normalized spacial score (nSPS) is 16.3. The third kappa shape index (κ3) is 2.04. The molecule has 0 amide bonds. The molecule has 4 rings (SSSR count). The first kappa shape index (κ1) is 12.6. The van der Waals surface area contributed by atoms with Crippen LogP contribution in [0.5, 0.6) is 0 Å². The van der Waals surface area contributed by atoms with Gasteiger partial charge in [-0.1, -0.05) is 31.2 Å². The summed E-state index contributed by atoms with van der Waals surface area (Å²) in [5.74, 6) is -0.283. The van der Waals surface area contributed by atoms with Gasteiger partial charge in [-0.15, -0.1) is 0 Å². The first-order valence-electron chi connectivity index (χ1n) is 7.32. The van der Waals surface area contributed by atoms with Crippen LogP contribution in [0.4, 0.5) is 4.39 Å². The Morgan fingerprint density at radius 3 is 2.52 bits per heavy atom. The van der Waals surface area contributed by atoms with Crippen LogP contribution in [-0.4, -0.2) is 9.97 Å². The number of aryl methyl sites for hydroxylation is 1. The maximum atomic E-state index is 14.3. The number of H-pyrrole nitrogens is 1. The maximum absolute atomic E-state index is 14.3. The summed E-state index contributed by atoms with van der Waals surface area (Å²) in [6.07, 6.45) is 2.49. The number of halogens is 1. The molecule has 1 aliphatic carbocycles. The summed E-state index contributed by atoms with van der Waals surface area (Å²) < 4.78 is 14.3. The van der Waals surface area contributed by atoms with Crippen molar-refractivity contribution >= 4 is 11.0 Å². The van der Waals surface area contributed by atoms with Crippen molar-refractivity contribution in [2.24, 2.45) is 0 Å². The lowest BCUT2D eigenvalue weighted by molar-refractivity contribution is 0.628. The number of nitrogens with zero attached hydrogens (tertiary/aromatic N) is 1. The van der Waals surface area contributed by atoms with Crippen LogP contribution >= 0.6 is 0 Å². The Hall–Kier alpha value is -2.16. The van der Waals surface area contributed by atoms with Gasteiger partial charge in [0.15, 0.2) is 5.82 Å². The minimum atomic E-state index is -0.283. The molecule has 106 valence electrons. The van der Waals surface area contributed by atoms with E-state index in [0.717, 1.165) is 22.3 Å². The number of benzene rings is 1. The number of aromatic nitrogens is 2. The van der Waals surface area contributed by atoms with Crippen LogP contribution in [0.2, 0.25) is 0 Å². The molecule has 0 bridgehead atoms. The third-order valence-electron chi connectivity index (χ3n) is 4.55. The van der Waals surface area contributed by atoms with Crippen molar-refractivity contribution in [2.75, 3.05) is 0 Å². The Labute approximate surface area is 123 Å². The van der Waals surface area contributed by atoms with Gasteiger partial charge in [-0.2, -0.15) is 0 Å². The summed E-state index contributed by atoms with van der Waals surface area (Å²) in [6.45, 7) is 4.22. The van der Waals surface area contributed by atoms with Crippen molar-refractivity contribution in [3.63, 3.8) is 0 Å². The maximum Gasteiger partial charge on any atom is 0.151 e. The highest BCUT2D eigenvalue weighted by Crippen LogP contribution is 2.47. The molecule has 2 nitrogen and oxygen atoms in total. The van der Waals surface area contributed by atoms with E-state index in [0.29, 0.717) is 11.1 Å². The van der Waals surface area contributed by atoms with Crippen molar-refractivity contribution in [1.82, 2.24) is 9.97 Å². The Kier molecular flexibility index (Phi) is 2.49. The molecule has 0 atom stereocenters. The molecule has 1 saturated carbocycles. The van der Waals surface area contributed by atoms with Crippen molar-refractivity contribution in [2.45, 2.75) is 32.1 Å². The largest absolute Gasteiger partial charge is 0.357 e. The van der Waals surface area contributed by atoms with Gasteiger partial charge in [0.1, 0.15) is 5.69 Å². The summed E-state index contributed by atoms with van der Waals surface area (Å²) in [4.78, 5) is 7.58. The van der Waals surface area contributed by atoms with E-state index in [4.69, 9.17) is 0 Å². The topological polar surface area (TPSA) is 28.7 Å². The standard InChI is InChI=1S/C18H17FN2/c1-11-9-15-16(20-11)10-14(19)17(21-15)12-3-5-13(6-4-12)18(2)7-8-18/h3-6,9-10,20H,7-8H2,1-2H3. The van der Waals surface area contributed by atoms with E-state index in [9.17, 15) is 4.39 Å². The molecule has 1 aromatic carbocycles. The second-order valence-electron chi connectivity index (χ2n) is 6.34. The van der Waals surface area contributed by atoms with Gasteiger partial charge in [0.2, 0.25) is 0 Å². The van der Waals surface area contributed by atoms with Crippen LogP contribution in [0.3, 0.4) is 0 Å². The molecule has 0 spiro atoms. The number of pyridine rings is 1. The van der Waals surface area contributed by atoms with Gasteiger partial charge in [-0.05, 0) is 36.8 Å². The van der Waals surface area contributed by atoms with E-state index in [-0.39, 0.29) is 5.82 Å². The Morgan fingerprint density at radius 2 is 1.86 bits per heavy atom. The zero-order valence-electron chi connectivity index (χ0n) is 12.2. The number of aromatic amines is 1. The molecule has 3 aromatic rings. The lowest BCUT2D eigenvalue weighted by Crippen LogP contribution is -1.99. The molecule has 0 saturated heterocycles. The van der Waals surface area contributed by atoms with Gasteiger partial charge in [0, 0.05) is 17.3 Å². The van der Waals surface area contributed by atoms with E-state index in [1.165, 1.54) is 24.5 Å². The average Bonchev–Trinajstić information content (AvgIpc) is 3.11. The number of rotatable bonds is 2. The fraction of sp³-hybridized carbons (Fsp3) is 0.278. The van der Waals surface area contributed by atoms with Crippen molar-refractivity contribution < 1.29 is 4.39 Å². The smallest absolute Gasteiger partial charge is 0.151 e. The molecular weight excluding hydrogens is 263 g/mol. The molecule has 0 aliphatic heterocycles. The summed E-state index contributed by atoms with van der Waals surface area (Å²) in [5, 5.41) is 0. The van der Waals surface area contributed by atoms with Gasteiger partial charge >= 0.3 is 0 Å². The summed E-state index contributed by atoms with van der Waals surface area (Å²) in [6, 6.07) is 11.6. The van der Waals surface area contributed by atoms with Gasteiger partial charge in [-0.3, -0.25) is 0 Å². The number of nitrogens with one attached hydrogen (secondary N) is 1. The molecular formula is C18H17FN2. The van der Waals surface area contributed by atoms with Crippen LogP contribution in [0.25, 0.3) is 22.3 Å². The first-order chi connectivity index (χ1) is 10.0. The third-order valence-corrected chi connectivity index (χ3v) is 4.55. The zero-order chi connectivity index (χ0) is 14.6. The quantitative estimate of drug-likeness (QED) is 0.722. The Balaban J connectivity index is 1.79. The SMILES string of the molecule is Cc1cc2nc(-c3ccc(C4(C)CC4)cc3)c(F)cc2[nH]1. The molecule has 2 aromatic heterocycles. The first-order valence-corrected chi connectivity index (χ1v) is 7.32. The summed E-state index contributed by atoms with van der Waals surface area (Å²) in [7, 11) is 0. The lowest BCUT2D eigenvalue weighted by atomic mass is 9.96. The monoisotopic (exact) mass is 280 g/mol. The molecule has 1 N–H and O–H groups in total. The number of hydrogen-bond acceptors (Lipinski definition) is 1. The van der Waals surface area contributed by atoms with Crippen LogP contribution in [-0.2, 0) is 5.41 Å². The van der Waals surface area contributed by atoms with Crippen LogP contribution in [0.15, 0.2) is 36.4 Å². The van der Waals surface area contributed by atoms with Gasteiger partial charge in [0.25, 0.3) is 0 Å². The van der Waals surface area contributed by atoms with Crippen molar-refractivity contribution in [1.29, 1.82) is 0 Å². The average molecular weight is 280 g/mol. The van der Waals surface area contributed by atoms with Crippen LogP contribution in [0, 0.1) is 12.7 Å².